The van der Waals surface area contributed by atoms with Crippen LogP contribution in [0.1, 0.15) is 24.2 Å². The summed E-state index contributed by atoms with van der Waals surface area (Å²) in [5.74, 6) is -0.317. The predicted octanol–water partition coefficient (Wildman–Crippen LogP) is -0.137. The number of hydrogen-bond acceptors (Lipinski definition) is 3. The van der Waals surface area contributed by atoms with Crippen LogP contribution in [0.5, 0.6) is 0 Å². The predicted molar refractivity (Wildman–Crippen MR) is 52.0 cm³/mol. The van der Waals surface area contributed by atoms with Gasteiger partial charge in [-0.25, -0.2) is 4.79 Å². The molecule has 0 saturated carbocycles. The van der Waals surface area contributed by atoms with Gasteiger partial charge in [-0.3, -0.25) is 14.8 Å². The molecule has 15 heavy (non-hydrogen) atoms. The van der Waals surface area contributed by atoms with Crippen LogP contribution in [-0.2, 0) is 18.3 Å². The van der Waals surface area contributed by atoms with Crippen LogP contribution in [0.25, 0.3) is 0 Å². The van der Waals surface area contributed by atoms with Crippen LogP contribution in [0.4, 0.5) is 4.79 Å². The Kier molecular flexibility index (Phi) is 2.18. The van der Waals surface area contributed by atoms with Crippen molar-refractivity contribution in [3.05, 3.63) is 17.5 Å². The zero-order valence-electron chi connectivity index (χ0n) is 8.57. The third kappa shape index (κ3) is 1.58. The number of amides is 3. The number of rotatable bonds is 2. The van der Waals surface area contributed by atoms with Gasteiger partial charge in [0.2, 0.25) is 0 Å². The summed E-state index contributed by atoms with van der Waals surface area (Å²) in [4.78, 5) is 22.4. The van der Waals surface area contributed by atoms with E-state index < -0.39 is 12.1 Å². The second kappa shape index (κ2) is 3.38. The van der Waals surface area contributed by atoms with E-state index in [9.17, 15) is 9.59 Å². The molecule has 2 N–H and O–H groups in total. The molecule has 1 aromatic rings. The van der Waals surface area contributed by atoms with Crippen LogP contribution in [0.2, 0.25) is 0 Å². The highest BCUT2D eigenvalue weighted by Crippen LogP contribution is 2.20. The maximum atomic E-state index is 11.4. The van der Waals surface area contributed by atoms with Gasteiger partial charge in [-0.1, -0.05) is 6.92 Å². The molecule has 0 bridgehead atoms. The van der Waals surface area contributed by atoms with Gasteiger partial charge < -0.3 is 5.32 Å². The van der Waals surface area contributed by atoms with E-state index in [2.05, 4.69) is 15.7 Å². The monoisotopic (exact) mass is 208 g/mol. The second-order valence-corrected chi connectivity index (χ2v) is 3.45. The van der Waals surface area contributed by atoms with E-state index in [-0.39, 0.29) is 5.91 Å². The van der Waals surface area contributed by atoms with Crippen molar-refractivity contribution in [2.45, 2.75) is 19.4 Å². The Morgan fingerprint density at radius 3 is 2.80 bits per heavy atom. The van der Waals surface area contributed by atoms with Crippen LogP contribution >= 0.6 is 0 Å². The Hall–Kier alpha value is -1.85. The van der Waals surface area contributed by atoms with Crippen molar-refractivity contribution in [1.29, 1.82) is 0 Å². The Bertz CT molecular complexity index is 424. The number of nitrogens with zero attached hydrogens (tertiary/aromatic N) is 2. The van der Waals surface area contributed by atoms with E-state index in [0.717, 1.165) is 17.7 Å². The molecule has 1 saturated heterocycles. The second-order valence-electron chi connectivity index (χ2n) is 3.45. The van der Waals surface area contributed by atoms with Gasteiger partial charge >= 0.3 is 6.03 Å². The highest BCUT2D eigenvalue weighted by Gasteiger charge is 2.33. The average molecular weight is 208 g/mol. The molecule has 1 aromatic heterocycles. The van der Waals surface area contributed by atoms with Crippen molar-refractivity contribution in [2.24, 2.45) is 7.05 Å². The number of aromatic nitrogens is 2. The smallest absolute Gasteiger partial charge is 0.322 e. The molecule has 80 valence electrons. The van der Waals surface area contributed by atoms with Crippen molar-refractivity contribution in [3.8, 4) is 0 Å². The molecule has 1 aliphatic rings. The number of urea groups is 1. The topological polar surface area (TPSA) is 76.0 Å². The molecular formula is C9H12N4O2. The van der Waals surface area contributed by atoms with Gasteiger partial charge in [-0.05, 0) is 6.42 Å². The standard InChI is InChI=1S/C9H12N4O2/c1-3-6-5(4-13(2)12-6)7-8(14)11-9(15)10-7/h4,7H,3H2,1-2H3,(H2,10,11,14,15). The molecular weight excluding hydrogens is 196 g/mol. The molecule has 2 heterocycles. The highest BCUT2D eigenvalue weighted by atomic mass is 16.2. The minimum absolute atomic E-state index is 0.317. The van der Waals surface area contributed by atoms with E-state index in [1.165, 1.54) is 0 Å². The van der Waals surface area contributed by atoms with Gasteiger partial charge in [0.05, 0.1) is 5.69 Å². The first-order valence-electron chi connectivity index (χ1n) is 4.75. The fourth-order valence-corrected chi connectivity index (χ4v) is 1.70. The first-order valence-corrected chi connectivity index (χ1v) is 4.75. The van der Waals surface area contributed by atoms with E-state index >= 15 is 0 Å². The van der Waals surface area contributed by atoms with Crippen LogP contribution in [0, 0.1) is 0 Å². The van der Waals surface area contributed by atoms with E-state index in [1.54, 1.807) is 17.9 Å². The highest BCUT2D eigenvalue weighted by molar-refractivity contribution is 6.04. The lowest BCUT2D eigenvalue weighted by atomic mass is 10.1. The van der Waals surface area contributed by atoms with E-state index in [0.29, 0.717) is 0 Å². The summed E-state index contributed by atoms with van der Waals surface area (Å²) in [6, 6.07) is -1.04. The lowest BCUT2D eigenvalue weighted by Crippen LogP contribution is -2.22. The Balaban J connectivity index is 2.36. The summed E-state index contributed by atoms with van der Waals surface area (Å²) in [5, 5.41) is 8.97. The number of nitrogens with one attached hydrogen (secondary N) is 2. The molecule has 0 radical (unpaired) electrons. The van der Waals surface area contributed by atoms with Crippen LogP contribution in [0.3, 0.4) is 0 Å². The van der Waals surface area contributed by atoms with Crippen LogP contribution < -0.4 is 10.6 Å². The lowest BCUT2D eigenvalue weighted by molar-refractivity contribution is -0.120. The third-order valence-corrected chi connectivity index (χ3v) is 2.36. The summed E-state index contributed by atoms with van der Waals surface area (Å²) in [6.07, 6.45) is 2.49. The Morgan fingerprint density at radius 1 is 1.53 bits per heavy atom. The van der Waals surface area contributed by atoms with E-state index in [4.69, 9.17) is 0 Å². The number of carbonyl (C=O) groups excluding carboxylic acids is 2. The van der Waals surface area contributed by atoms with Crippen molar-refractivity contribution in [3.63, 3.8) is 0 Å². The summed E-state index contributed by atoms with van der Waals surface area (Å²) < 4.78 is 1.64. The SMILES string of the molecule is CCc1nn(C)cc1C1NC(=O)NC1=O. The zero-order chi connectivity index (χ0) is 11.0. The molecule has 1 atom stereocenters. The third-order valence-electron chi connectivity index (χ3n) is 2.36. The maximum Gasteiger partial charge on any atom is 0.322 e. The van der Waals surface area contributed by atoms with Gasteiger partial charge in [0.15, 0.2) is 0 Å². The zero-order valence-corrected chi connectivity index (χ0v) is 8.57. The lowest BCUT2D eigenvalue weighted by Gasteiger charge is -2.05. The molecule has 0 spiro atoms. The normalized spacial score (nSPS) is 20.3. The first kappa shape index (κ1) is 9.70. The molecule has 1 fully saturated rings. The summed E-state index contributed by atoms with van der Waals surface area (Å²) in [6.45, 7) is 1.96. The minimum atomic E-state index is -0.596. The van der Waals surface area contributed by atoms with Gasteiger partial charge in [0.1, 0.15) is 6.04 Å². The average Bonchev–Trinajstić information content (AvgIpc) is 2.69. The number of aryl methyl sites for hydroxylation is 2. The summed E-state index contributed by atoms with van der Waals surface area (Å²) in [7, 11) is 1.79. The molecule has 1 aliphatic heterocycles. The van der Waals surface area contributed by atoms with Crippen molar-refractivity contribution in [2.75, 3.05) is 0 Å². The quantitative estimate of drug-likeness (QED) is 0.664. The van der Waals surface area contributed by atoms with Crippen molar-refractivity contribution >= 4 is 11.9 Å². The summed E-state index contributed by atoms with van der Waals surface area (Å²) >= 11 is 0. The molecule has 0 aliphatic carbocycles. The maximum absolute atomic E-state index is 11.4. The molecule has 6 heteroatoms. The summed E-state index contributed by atoms with van der Waals surface area (Å²) in [5.41, 5.74) is 1.60. The van der Waals surface area contributed by atoms with Gasteiger partial charge in [0.25, 0.3) is 5.91 Å². The fraction of sp³-hybridized carbons (Fsp3) is 0.444. The van der Waals surface area contributed by atoms with E-state index in [1.807, 2.05) is 6.92 Å². The van der Waals surface area contributed by atoms with Crippen molar-refractivity contribution < 1.29 is 9.59 Å². The Morgan fingerprint density at radius 2 is 2.27 bits per heavy atom. The van der Waals surface area contributed by atoms with Gasteiger partial charge in [-0.15, -0.1) is 0 Å². The van der Waals surface area contributed by atoms with Crippen LogP contribution in [0.15, 0.2) is 6.20 Å². The van der Waals surface area contributed by atoms with Crippen LogP contribution in [-0.4, -0.2) is 21.7 Å². The fourth-order valence-electron chi connectivity index (χ4n) is 1.70. The van der Waals surface area contributed by atoms with Crippen molar-refractivity contribution in [1.82, 2.24) is 20.4 Å². The largest absolute Gasteiger partial charge is 0.322 e. The molecule has 2 rings (SSSR count). The molecule has 6 nitrogen and oxygen atoms in total. The number of carbonyl (C=O) groups is 2. The number of imide groups is 1. The number of hydrogen-bond donors (Lipinski definition) is 2. The molecule has 1 unspecified atom stereocenters. The van der Waals surface area contributed by atoms with Gasteiger partial charge in [0, 0.05) is 18.8 Å². The molecule has 3 amide bonds. The minimum Gasteiger partial charge on any atom is -0.322 e. The first-order chi connectivity index (χ1) is 7.11. The molecule has 0 aromatic carbocycles. The Labute approximate surface area is 86.6 Å². The van der Waals surface area contributed by atoms with Gasteiger partial charge in [-0.2, -0.15) is 5.10 Å².